The van der Waals surface area contributed by atoms with E-state index in [2.05, 4.69) is 22.4 Å². The van der Waals surface area contributed by atoms with Crippen molar-refractivity contribution in [1.82, 2.24) is 0 Å². The topological polar surface area (TPSA) is 80.2 Å². The van der Waals surface area contributed by atoms with E-state index < -0.39 is 6.23 Å². The first-order valence-corrected chi connectivity index (χ1v) is 4.27. The first-order chi connectivity index (χ1) is 6.66. The Balaban J connectivity index is 2.33. The standard InChI is InChI=1S/C8H7N3O2S/c9-4-1-2-5(6(12)3-4)7-10-11-8(14)13-7/h1-3,7,12H,9H2. The molecule has 0 aliphatic carbocycles. The molecule has 0 spiro atoms. The largest absolute Gasteiger partial charge is 0.507 e. The number of ether oxygens (including phenoxy) is 1. The van der Waals surface area contributed by atoms with Crippen LogP contribution in [0.1, 0.15) is 11.8 Å². The van der Waals surface area contributed by atoms with E-state index in [1.807, 2.05) is 0 Å². The van der Waals surface area contributed by atoms with Crippen LogP contribution < -0.4 is 5.73 Å². The molecule has 1 atom stereocenters. The van der Waals surface area contributed by atoms with Crippen LogP contribution in [0.25, 0.3) is 0 Å². The summed E-state index contributed by atoms with van der Waals surface area (Å²) in [5.41, 5.74) is 6.45. The van der Waals surface area contributed by atoms with Gasteiger partial charge in [0.15, 0.2) is 0 Å². The van der Waals surface area contributed by atoms with E-state index in [4.69, 9.17) is 10.5 Å². The van der Waals surface area contributed by atoms with Gasteiger partial charge in [0.2, 0.25) is 6.23 Å². The van der Waals surface area contributed by atoms with E-state index in [0.29, 0.717) is 11.3 Å². The zero-order valence-electron chi connectivity index (χ0n) is 7.04. The average molecular weight is 209 g/mol. The molecule has 1 unspecified atom stereocenters. The number of aromatic hydroxyl groups is 1. The summed E-state index contributed by atoms with van der Waals surface area (Å²) in [4.78, 5) is 0. The molecule has 0 saturated heterocycles. The molecule has 0 bridgehead atoms. The Morgan fingerprint density at radius 3 is 2.86 bits per heavy atom. The smallest absolute Gasteiger partial charge is 0.304 e. The number of rotatable bonds is 1. The van der Waals surface area contributed by atoms with Crippen LogP contribution in [-0.4, -0.2) is 10.3 Å². The van der Waals surface area contributed by atoms with Crippen LogP contribution in [0, 0.1) is 0 Å². The predicted octanol–water partition coefficient (Wildman–Crippen LogP) is 1.74. The van der Waals surface area contributed by atoms with Crippen LogP contribution >= 0.6 is 12.2 Å². The second-order valence-corrected chi connectivity index (χ2v) is 3.12. The van der Waals surface area contributed by atoms with Crippen molar-refractivity contribution in [3.8, 4) is 5.75 Å². The van der Waals surface area contributed by atoms with E-state index in [9.17, 15) is 5.11 Å². The highest BCUT2D eigenvalue weighted by molar-refractivity contribution is 7.80. The van der Waals surface area contributed by atoms with Gasteiger partial charge in [-0.05, 0) is 24.4 Å². The van der Waals surface area contributed by atoms with Crippen LogP contribution in [-0.2, 0) is 4.74 Å². The molecule has 1 aromatic carbocycles. The number of phenols is 1. The molecule has 6 heteroatoms. The first kappa shape index (κ1) is 8.89. The van der Waals surface area contributed by atoms with Crippen molar-refractivity contribution < 1.29 is 9.84 Å². The number of nitrogens with zero attached hydrogens (tertiary/aromatic N) is 2. The lowest BCUT2D eigenvalue weighted by atomic mass is 10.1. The molecule has 2 rings (SSSR count). The van der Waals surface area contributed by atoms with Gasteiger partial charge < -0.3 is 15.6 Å². The first-order valence-electron chi connectivity index (χ1n) is 3.86. The number of hydrogen-bond acceptors (Lipinski definition) is 5. The van der Waals surface area contributed by atoms with Gasteiger partial charge in [0.1, 0.15) is 5.75 Å². The lowest BCUT2D eigenvalue weighted by molar-refractivity contribution is 0.222. The summed E-state index contributed by atoms with van der Waals surface area (Å²) in [5, 5.41) is 16.9. The van der Waals surface area contributed by atoms with Crippen LogP contribution in [0.3, 0.4) is 0 Å². The SMILES string of the molecule is Nc1ccc(C2N=NC(=S)O2)c(O)c1. The quantitative estimate of drug-likeness (QED) is 0.545. The Hall–Kier alpha value is -1.69. The highest BCUT2D eigenvalue weighted by Crippen LogP contribution is 2.32. The van der Waals surface area contributed by atoms with Gasteiger partial charge in [0, 0.05) is 11.8 Å². The third-order valence-corrected chi connectivity index (χ3v) is 1.96. The minimum absolute atomic E-state index is 0.0265. The van der Waals surface area contributed by atoms with Gasteiger partial charge in [-0.3, -0.25) is 0 Å². The fraction of sp³-hybridized carbons (Fsp3) is 0.125. The third kappa shape index (κ3) is 1.51. The number of azo groups is 1. The van der Waals surface area contributed by atoms with Crippen molar-refractivity contribution in [1.29, 1.82) is 0 Å². The van der Waals surface area contributed by atoms with Crippen molar-refractivity contribution in [2.24, 2.45) is 10.2 Å². The van der Waals surface area contributed by atoms with Gasteiger partial charge in [0.05, 0.1) is 5.56 Å². The van der Waals surface area contributed by atoms with E-state index in [1.54, 1.807) is 12.1 Å². The lowest BCUT2D eigenvalue weighted by Crippen LogP contribution is -1.99. The number of anilines is 1. The van der Waals surface area contributed by atoms with Gasteiger partial charge >= 0.3 is 5.17 Å². The van der Waals surface area contributed by atoms with Crippen LogP contribution in [0.5, 0.6) is 5.75 Å². The molecule has 3 N–H and O–H groups in total. The molecule has 0 saturated carbocycles. The molecule has 14 heavy (non-hydrogen) atoms. The molecule has 5 nitrogen and oxygen atoms in total. The van der Waals surface area contributed by atoms with Crippen LogP contribution in [0.4, 0.5) is 5.69 Å². The number of phenolic OH excluding ortho intramolecular Hbond substituents is 1. The maximum absolute atomic E-state index is 9.53. The van der Waals surface area contributed by atoms with E-state index in [0.717, 1.165) is 0 Å². The Morgan fingerprint density at radius 2 is 2.29 bits per heavy atom. The van der Waals surface area contributed by atoms with E-state index >= 15 is 0 Å². The molecule has 72 valence electrons. The minimum atomic E-state index is -0.650. The molecule has 1 aliphatic heterocycles. The van der Waals surface area contributed by atoms with Crippen molar-refractivity contribution in [3.63, 3.8) is 0 Å². The second-order valence-electron chi connectivity index (χ2n) is 2.77. The van der Waals surface area contributed by atoms with Gasteiger partial charge in [-0.15, -0.1) is 10.2 Å². The van der Waals surface area contributed by atoms with Crippen molar-refractivity contribution in [2.75, 3.05) is 5.73 Å². The van der Waals surface area contributed by atoms with Crippen molar-refractivity contribution in [3.05, 3.63) is 23.8 Å². The summed E-state index contributed by atoms with van der Waals surface area (Å²) < 4.78 is 5.07. The maximum atomic E-state index is 9.53. The van der Waals surface area contributed by atoms with Crippen LogP contribution in [0.15, 0.2) is 28.4 Å². The third-order valence-electron chi connectivity index (χ3n) is 1.78. The molecule has 0 radical (unpaired) electrons. The van der Waals surface area contributed by atoms with Gasteiger partial charge in [-0.2, -0.15) is 0 Å². The van der Waals surface area contributed by atoms with Gasteiger partial charge in [0.25, 0.3) is 0 Å². The Morgan fingerprint density at radius 1 is 1.50 bits per heavy atom. The number of nitrogen functional groups attached to an aromatic ring is 1. The fourth-order valence-corrected chi connectivity index (χ4v) is 1.28. The molecule has 0 fully saturated rings. The molecule has 1 aromatic rings. The van der Waals surface area contributed by atoms with Gasteiger partial charge in [-0.1, -0.05) is 0 Å². The molecular formula is C8H7N3O2S. The molecule has 1 aliphatic rings. The minimum Gasteiger partial charge on any atom is -0.507 e. The molecular weight excluding hydrogens is 202 g/mol. The second kappa shape index (κ2) is 3.22. The maximum Gasteiger partial charge on any atom is 0.304 e. The zero-order valence-corrected chi connectivity index (χ0v) is 7.86. The summed E-state index contributed by atoms with van der Waals surface area (Å²) >= 11 is 4.68. The van der Waals surface area contributed by atoms with E-state index in [1.165, 1.54) is 6.07 Å². The summed E-state index contributed by atoms with van der Waals surface area (Å²) in [5.74, 6) is 0.0265. The lowest BCUT2D eigenvalue weighted by Gasteiger charge is -2.08. The molecule has 1 heterocycles. The number of hydrogen-bond donors (Lipinski definition) is 2. The number of nitrogens with two attached hydrogens (primary N) is 1. The monoisotopic (exact) mass is 209 g/mol. The highest BCUT2D eigenvalue weighted by Gasteiger charge is 2.22. The Labute approximate surface area is 85.2 Å². The van der Waals surface area contributed by atoms with Gasteiger partial charge in [-0.25, -0.2) is 0 Å². The summed E-state index contributed by atoms with van der Waals surface area (Å²) in [7, 11) is 0. The molecule has 0 amide bonds. The fourth-order valence-electron chi connectivity index (χ4n) is 1.14. The van der Waals surface area contributed by atoms with Crippen molar-refractivity contribution >= 4 is 23.1 Å². The number of benzene rings is 1. The highest BCUT2D eigenvalue weighted by atomic mass is 32.1. The zero-order chi connectivity index (χ0) is 10.1. The van der Waals surface area contributed by atoms with E-state index in [-0.39, 0.29) is 10.9 Å². The predicted molar refractivity (Wildman–Crippen MR) is 53.8 cm³/mol. The van der Waals surface area contributed by atoms with Crippen LogP contribution in [0.2, 0.25) is 0 Å². The average Bonchev–Trinajstić information content (AvgIpc) is 2.51. The Kier molecular flexibility index (Phi) is 2.05. The van der Waals surface area contributed by atoms with Crippen molar-refractivity contribution in [2.45, 2.75) is 6.23 Å². The summed E-state index contributed by atoms with van der Waals surface area (Å²) in [6.45, 7) is 0. The summed E-state index contributed by atoms with van der Waals surface area (Å²) in [6, 6.07) is 4.70. The number of thiocarbonyl (C=S) groups is 1. The Bertz CT molecular complexity index is 419. The molecule has 0 aromatic heterocycles. The normalized spacial score (nSPS) is 19.7. The summed E-state index contributed by atoms with van der Waals surface area (Å²) in [6.07, 6.45) is -0.650.